The van der Waals surface area contributed by atoms with Crippen molar-refractivity contribution in [2.45, 2.75) is 32.6 Å². The predicted molar refractivity (Wildman–Crippen MR) is 74.2 cm³/mol. The number of carbonyl (C=O) groups excluding carboxylic acids is 1. The third-order valence-corrected chi connectivity index (χ3v) is 4.76. The molecule has 1 heterocycles. The van der Waals surface area contributed by atoms with Gasteiger partial charge in [-0.05, 0) is 37.5 Å². The monoisotopic (exact) mass is 283 g/mol. The number of hydrogen-bond donors (Lipinski definition) is 1. The third-order valence-electron chi connectivity index (χ3n) is 4.76. The Labute approximate surface area is 120 Å². The zero-order chi connectivity index (χ0) is 14.7. The van der Waals surface area contributed by atoms with E-state index in [1.54, 1.807) is 7.11 Å². The number of carboxylic acids is 1. The van der Waals surface area contributed by atoms with Crippen LogP contribution in [0.15, 0.2) is 0 Å². The summed E-state index contributed by atoms with van der Waals surface area (Å²) in [5.74, 6) is -0.715. The number of carbonyl (C=O) groups is 2. The van der Waals surface area contributed by atoms with Crippen LogP contribution in [-0.2, 0) is 14.3 Å². The van der Waals surface area contributed by atoms with Crippen LogP contribution >= 0.6 is 0 Å². The molecule has 0 aromatic carbocycles. The van der Waals surface area contributed by atoms with E-state index in [2.05, 4.69) is 0 Å². The van der Waals surface area contributed by atoms with E-state index in [0.717, 1.165) is 32.5 Å². The average molecular weight is 283 g/mol. The first kappa shape index (κ1) is 15.3. The minimum atomic E-state index is -0.818. The van der Waals surface area contributed by atoms with E-state index >= 15 is 0 Å². The predicted octanol–water partition coefficient (Wildman–Crippen LogP) is 1.62. The van der Waals surface area contributed by atoms with E-state index in [1.165, 1.54) is 0 Å². The summed E-state index contributed by atoms with van der Waals surface area (Å²) in [4.78, 5) is 25.7. The van der Waals surface area contributed by atoms with Gasteiger partial charge < -0.3 is 14.7 Å². The zero-order valence-corrected chi connectivity index (χ0v) is 12.4. The highest BCUT2D eigenvalue weighted by molar-refractivity contribution is 5.85. The van der Waals surface area contributed by atoms with E-state index in [4.69, 9.17) is 4.74 Å². The molecule has 1 aliphatic heterocycles. The number of aliphatic carboxylic acids is 1. The van der Waals surface area contributed by atoms with Crippen molar-refractivity contribution in [3.8, 4) is 0 Å². The first-order valence-corrected chi connectivity index (χ1v) is 7.53. The maximum Gasteiger partial charge on any atom is 0.307 e. The molecule has 3 atom stereocenters. The lowest BCUT2D eigenvalue weighted by molar-refractivity contribution is -0.149. The number of amides is 1. The molecule has 1 aliphatic carbocycles. The van der Waals surface area contributed by atoms with Crippen LogP contribution in [0.2, 0.25) is 0 Å². The van der Waals surface area contributed by atoms with E-state index in [-0.39, 0.29) is 11.8 Å². The van der Waals surface area contributed by atoms with Crippen molar-refractivity contribution in [1.82, 2.24) is 4.90 Å². The summed E-state index contributed by atoms with van der Waals surface area (Å²) in [7, 11) is 1.70. The lowest BCUT2D eigenvalue weighted by Crippen LogP contribution is -2.44. The number of carboxylic acid groups (broad SMARTS) is 1. The molecule has 114 valence electrons. The Balaban J connectivity index is 1.93. The highest BCUT2D eigenvalue weighted by atomic mass is 16.5. The van der Waals surface area contributed by atoms with Gasteiger partial charge in [0.1, 0.15) is 0 Å². The second-order valence-electron chi connectivity index (χ2n) is 6.35. The van der Waals surface area contributed by atoms with E-state index in [0.29, 0.717) is 24.7 Å². The molecule has 20 heavy (non-hydrogen) atoms. The van der Waals surface area contributed by atoms with E-state index in [1.807, 2.05) is 11.8 Å². The van der Waals surface area contributed by atoms with Crippen LogP contribution in [-0.4, -0.2) is 48.7 Å². The molecule has 0 aromatic heterocycles. The molecule has 0 aromatic rings. The number of methoxy groups -OCH3 is 1. The molecule has 1 saturated carbocycles. The summed E-state index contributed by atoms with van der Waals surface area (Å²) in [6.07, 6.45) is 3.26. The van der Waals surface area contributed by atoms with Gasteiger partial charge in [-0.1, -0.05) is 6.92 Å². The fourth-order valence-electron chi connectivity index (χ4n) is 3.63. The Morgan fingerprint density at radius 2 is 1.80 bits per heavy atom. The number of ether oxygens (including phenoxy) is 1. The van der Waals surface area contributed by atoms with Gasteiger partial charge in [0.2, 0.25) is 5.91 Å². The molecule has 2 rings (SSSR count). The molecule has 0 spiro atoms. The van der Waals surface area contributed by atoms with Crippen LogP contribution in [0.1, 0.15) is 32.6 Å². The standard InChI is InChI=1S/C15H25NO4/c1-10-7-12(13(8-10)15(18)19)14(17)16-5-3-11(4-6-16)9-20-2/h10-13H,3-9H2,1-2H3,(H,18,19). The van der Waals surface area contributed by atoms with Crippen molar-refractivity contribution in [3.05, 3.63) is 0 Å². The van der Waals surface area contributed by atoms with Gasteiger partial charge in [-0.25, -0.2) is 0 Å². The molecular formula is C15H25NO4. The molecule has 5 heteroatoms. The Morgan fingerprint density at radius 1 is 1.20 bits per heavy atom. The Hall–Kier alpha value is -1.10. The number of rotatable bonds is 4. The smallest absolute Gasteiger partial charge is 0.307 e. The number of hydrogen-bond acceptors (Lipinski definition) is 3. The molecule has 1 amide bonds. The molecular weight excluding hydrogens is 258 g/mol. The summed E-state index contributed by atoms with van der Waals surface area (Å²) in [6, 6.07) is 0. The van der Waals surface area contributed by atoms with Crippen LogP contribution in [0.5, 0.6) is 0 Å². The fraction of sp³-hybridized carbons (Fsp3) is 0.867. The Morgan fingerprint density at radius 3 is 2.35 bits per heavy atom. The van der Waals surface area contributed by atoms with Crippen LogP contribution in [0.4, 0.5) is 0 Å². The van der Waals surface area contributed by atoms with Crippen LogP contribution < -0.4 is 0 Å². The van der Waals surface area contributed by atoms with E-state index < -0.39 is 11.9 Å². The van der Waals surface area contributed by atoms with Gasteiger partial charge >= 0.3 is 5.97 Å². The normalized spacial score (nSPS) is 31.5. The van der Waals surface area contributed by atoms with Gasteiger partial charge in [0.05, 0.1) is 11.8 Å². The number of likely N-dealkylation sites (tertiary alicyclic amines) is 1. The second kappa shape index (κ2) is 6.57. The largest absolute Gasteiger partial charge is 0.481 e. The fourth-order valence-corrected chi connectivity index (χ4v) is 3.63. The van der Waals surface area contributed by atoms with Gasteiger partial charge in [-0.15, -0.1) is 0 Å². The van der Waals surface area contributed by atoms with Crippen LogP contribution in [0, 0.1) is 23.7 Å². The molecule has 5 nitrogen and oxygen atoms in total. The Bertz CT molecular complexity index is 363. The lowest BCUT2D eigenvalue weighted by Gasteiger charge is -2.34. The second-order valence-corrected chi connectivity index (χ2v) is 6.35. The summed E-state index contributed by atoms with van der Waals surface area (Å²) >= 11 is 0. The lowest BCUT2D eigenvalue weighted by atomic mass is 9.92. The minimum Gasteiger partial charge on any atom is -0.481 e. The summed E-state index contributed by atoms with van der Waals surface area (Å²) < 4.78 is 5.16. The number of nitrogens with zero attached hydrogens (tertiary/aromatic N) is 1. The molecule has 1 saturated heterocycles. The van der Waals surface area contributed by atoms with Gasteiger partial charge in [-0.3, -0.25) is 9.59 Å². The molecule has 3 unspecified atom stereocenters. The van der Waals surface area contributed by atoms with Crippen LogP contribution in [0.25, 0.3) is 0 Å². The Kier molecular flexibility index (Phi) is 5.02. The highest BCUT2D eigenvalue weighted by Crippen LogP contribution is 2.38. The highest BCUT2D eigenvalue weighted by Gasteiger charge is 2.43. The third kappa shape index (κ3) is 3.32. The van der Waals surface area contributed by atoms with Crippen molar-refractivity contribution in [1.29, 1.82) is 0 Å². The van der Waals surface area contributed by atoms with Gasteiger partial charge in [0.25, 0.3) is 0 Å². The molecule has 0 radical (unpaired) electrons. The summed E-state index contributed by atoms with van der Waals surface area (Å²) in [6.45, 7) is 4.27. The summed E-state index contributed by atoms with van der Waals surface area (Å²) in [5, 5.41) is 9.27. The molecule has 1 N–H and O–H groups in total. The first-order valence-electron chi connectivity index (χ1n) is 7.53. The number of piperidine rings is 1. The maximum absolute atomic E-state index is 12.6. The molecule has 2 fully saturated rings. The van der Waals surface area contributed by atoms with Gasteiger partial charge in [0.15, 0.2) is 0 Å². The minimum absolute atomic E-state index is 0.0533. The average Bonchev–Trinajstić information content (AvgIpc) is 2.81. The quantitative estimate of drug-likeness (QED) is 0.851. The van der Waals surface area contributed by atoms with Crippen molar-refractivity contribution < 1.29 is 19.4 Å². The van der Waals surface area contributed by atoms with E-state index in [9.17, 15) is 14.7 Å². The van der Waals surface area contributed by atoms with Crippen molar-refractivity contribution in [2.24, 2.45) is 23.7 Å². The molecule has 2 aliphatic rings. The van der Waals surface area contributed by atoms with Gasteiger partial charge in [0, 0.05) is 26.8 Å². The van der Waals surface area contributed by atoms with Crippen molar-refractivity contribution >= 4 is 11.9 Å². The van der Waals surface area contributed by atoms with Crippen molar-refractivity contribution in [3.63, 3.8) is 0 Å². The maximum atomic E-state index is 12.6. The SMILES string of the molecule is COCC1CCN(C(=O)C2CC(C)CC2C(=O)O)CC1. The van der Waals surface area contributed by atoms with Crippen LogP contribution in [0.3, 0.4) is 0 Å². The first-order chi connectivity index (χ1) is 9.52. The zero-order valence-electron chi connectivity index (χ0n) is 12.4. The van der Waals surface area contributed by atoms with Gasteiger partial charge in [-0.2, -0.15) is 0 Å². The molecule has 0 bridgehead atoms. The summed E-state index contributed by atoms with van der Waals surface area (Å²) in [5.41, 5.74) is 0. The van der Waals surface area contributed by atoms with Crippen molar-refractivity contribution in [2.75, 3.05) is 26.8 Å². The topological polar surface area (TPSA) is 66.8 Å².